The molecule has 0 radical (unpaired) electrons. The Morgan fingerprint density at radius 2 is 1.71 bits per heavy atom. The topological polar surface area (TPSA) is 147 Å². The Morgan fingerprint density at radius 3 is 2.39 bits per heavy atom. The highest BCUT2D eigenvalue weighted by atomic mass is 16.5. The van der Waals surface area contributed by atoms with Gasteiger partial charge < -0.3 is 30.2 Å². The average Bonchev–Trinajstić information content (AvgIpc) is 3.34. The average molecular weight is 524 g/mol. The van der Waals surface area contributed by atoms with E-state index in [1.54, 1.807) is 30.3 Å². The predicted molar refractivity (Wildman–Crippen MR) is 141 cm³/mol. The molecule has 0 bridgehead atoms. The number of carboxylic acid groups (broad SMARTS) is 1. The zero-order valence-electron chi connectivity index (χ0n) is 21.5. The maximum atomic E-state index is 13.0. The summed E-state index contributed by atoms with van der Waals surface area (Å²) in [6.45, 7) is 4.75. The van der Waals surface area contributed by atoms with E-state index in [0.29, 0.717) is 31.6 Å². The minimum absolute atomic E-state index is 0.0953. The van der Waals surface area contributed by atoms with Crippen LogP contribution in [0, 0.1) is 5.92 Å². The number of carbonyl (C=O) groups is 4. The van der Waals surface area contributed by atoms with Gasteiger partial charge in [-0.25, -0.2) is 9.59 Å². The fourth-order valence-corrected chi connectivity index (χ4v) is 3.65. The molecular weight excluding hydrogens is 490 g/mol. The number of fused-ring (bicyclic) bond motifs is 1. The van der Waals surface area contributed by atoms with Crippen LogP contribution in [0.4, 0.5) is 4.79 Å². The van der Waals surface area contributed by atoms with Crippen LogP contribution in [0.2, 0.25) is 0 Å². The molecule has 0 aliphatic heterocycles. The number of hydrogen-bond acceptors (Lipinski definition) is 6. The summed E-state index contributed by atoms with van der Waals surface area (Å²) in [7, 11) is 0. The molecule has 4 N–H and O–H groups in total. The molecule has 10 heteroatoms. The Hall–Kier alpha value is -4.34. The molecule has 0 spiro atoms. The molecule has 0 unspecified atom stereocenters. The third-order valence-electron chi connectivity index (χ3n) is 5.67. The lowest BCUT2D eigenvalue weighted by atomic mass is 10.1. The van der Waals surface area contributed by atoms with Crippen molar-refractivity contribution in [2.75, 3.05) is 19.7 Å². The van der Waals surface area contributed by atoms with Crippen molar-refractivity contribution in [3.63, 3.8) is 0 Å². The summed E-state index contributed by atoms with van der Waals surface area (Å²) in [5.74, 6) is -1.58. The molecule has 10 nitrogen and oxygen atoms in total. The van der Waals surface area contributed by atoms with Gasteiger partial charge in [0.15, 0.2) is 5.76 Å². The van der Waals surface area contributed by atoms with Crippen molar-refractivity contribution < 1.29 is 33.4 Å². The number of amides is 3. The Kier molecular flexibility index (Phi) is 10.3. The van der Waals surface area contributed by atoms with Crippen LogP contribution in [-0.4, -0.2) is 54.7 Å². The summed E-state index contributed by atoms with van der Waals surface area (Å²) in [5, 5.41) is 18.0. The van der Waals surface area contributed by atoms with Gasteiger partial charge >= 0.3 is 12.1 Å². The number of furan rings is 1. The van der Waals surface area contributed by atoms with Crippen LogP contribution in [0.15, 0.2) is 59.0 Å². The van der Waals surface area contributed by atoms with Crippen molar-refractivity contribution in [1.82, 2.24) is 16.0 Å². The van der Waals surface area contributed by atoms with Crippen molar-refractivity contribution >= 4 is 34.8 Å². The van der Waals surface area contributed by atoms with Crippen molar-refractivity contribution in [3.05, 3.63) is 71.5 Å². The maximum Gasteiger partial charge on any atom is 0.407 e. The number of carboxylic acids is 1. The SMILES string of the molecule is CC(C)COC(=O)NCCC[C@H](NC(=O)c1cc2ccccc2o1)C(=O)NCCc1ccc(C(=O)O)cc1. The second kappa shape index (κ2) is 13.8. The molecule has 0 saturated heterocycles. The van der Waals surface area contributed by atoms with Crippen LogP contribution >= 0.6 is 0 Å². The van der Waals surface area contributed by atoms with Crippen molar-refractivity contribution in [2.45, 2.75) is 39.2 Å². The van der Waals surface area contributed by atoms with Gasteiger partial charge in [-0.1, -0.05) is 44.2 Å². The number of hydrogen-bond donors (Lipinski definition) is 4. The zero-order valence-corrected chi connectivity index (χ0v) is 21.5. The van der Waals surface area contributed by atoms with Gasteiger partial charge in [0, 0.05) is 18.5 Å². The molecular formula is C28H33N3O7. The van der Waals surface area contributed by atoms with E-state index in [-0.39, 0.29) is 36.1 Å². The number of ether oxygens (including phenoxy) is 1. The third-order valence-corrected chi connectivity index (χ3v) is 5.67. The first kappa shape index (κ1) is 28.2. The minimum Gasteiger partial charge on any atom is -0.478 e. The highest BCUT2D eigenvalue weighted by Gasteiger charge is 2.23. The molecule has 38 heavy (non-hydrogen) atoms. The number of aromatic carboxylic acids is 1. The molecule has 2 aromatic carbocycles. The minimum atomic E-state index is -1.00. The first-order chi connectivity index (χ1) is 18.2. The van der Waals surface area contributed by atoms with Crippen molar-refractivity contribution in [3.8, 4) is 0 Å². The quantitative estimate of drug-likeness (QED) is 0.250. The number of benzene rings is 2. The lowest BCUT2D eigenvalue weighted by molar-refractivity contribution is -0.123. The highest BCUT2D eigenvalue weighted by molar-refractivity contribution is 5.98. The molecule has 0 fully saturated rings. The van der Waals surface area contributed by atoms with Crippen LogP contribution < -0.4 is 16.0 Å². The lowest BCUT2D eigenvalue weighted by Gasteiger charge is -2.18. The third kappa shape index (κ3) is 8.65. The standard InChI is InChI=1S/C28H33N3O7/c1-18(2)17-37-28(36)30-14-5-7-22(31-26(33)24-16-21-6-3-4-8-23(21)38-24)25(32)29-15-13-19-9-11-20(12-10-19)27(34)35/h3-4,6,8-12,16,18,22H,5,7,13-15,17H2,1-2H3,(H,29,32)(H,30,36)(H,31,33)(H,34,35)/t22-/m0/s1. The van der Waals surface area contributed by atoms with E-state index in [4.69, 9.17) is 14.3 Å². The van der Waals surface area contributed by atoms with Gasteiger partial charge in [0.25, 0.3) is 5.91 Å². The van der Waals surface area contributed by atoms with E-state index in [9.17, 15) is 19.2 Å². The van der Waals surface area contributed by atoms with E-state index in [1.165, 1.54) is 12.1 Å². The number of alkyl carbamates (subject to hydrolysis) is 1. The van der Waals surface area contributed by atoms with E-state index < -0.39 is 24.0 Å². The zero-order chi connectivity index (χ0) is 27.5. The number of carbonyl (C=O) groups excluding carboxylic acids is 3. The van der Waals surface area contributed by atoms with Gasteiger partial charge in [-0.3, -0.25) is 9.59 Å². The number of para-hydroxylation sites is 1. The highest BCUT2D eigenvalue weighted by Crippen LogP contribution is 2.19. The van der Waals surface area contributed by atoms with Crippen LogP contribution in [0.3, 0.4) is 0 Å². The van der Waals surface area contributed by atoms with Crippen LogP contribution in [0.5, 0.6) is 0 Å². The van der Waals surface area contributed by atoms with Crippen LogP contribution in [0.25, 0.3) is 11.0 Å². The molecule has 0 aliphatic rings. The second-order valence-corrected chi connectivity index (χ2v) is 9.28. The van der Waals surface area contributed by atoms with E-state index in [0.717, 1.165) is 10.9 Å². The van der Waals surface area contributed by atoms with Crippen molar-refractivity contribution in [2.24, 2.45) is 5.92 Å². The molecule has 3 rings (SSSR count). The first-order valence-electron chi connectivity index (χ1n) is 12.5. The van der Waals surface area contributed by atoms with Gasteiger partial charge in [0.1, 0.15) is 11.6 Å². The maximum absolute atomic E-state index is 13.0. The van der Waals surface area contributed by atoms with Gasteiger partial charge in [-0.2, -0.15) is 0 Å². The van der Waals surface area contributed by atoms with Gasteiger partial charge in [-0.05, 0) is 55.0 Å². The second-order valence-electron chi connectivity index (χ2n) is 9.28. The van der Waals surface area contributed by atoms with E-state index in [2.05, 4.69) is 16.0 Å². The summed E-state index contributed by atoms with van der Waals surface area (Å²) >= 11 is 0. The molecule has 3 amide bonds. The van der Waals surface area contributed by atoms with Gasteiger partial charge in [0.05, 0.1) is 12.2 Å². The number of rotatable bonds is 13. The number of nitrogens with one attached hydrogen (secondary N) is 3. The molecule has 1 heterocycles. The van der Waals surface area contributed by atoms with Crippen molar-refractivity contribution in [1.29, 1.82) is 0 Å². The van der Waals surface area contributed by atoms with Gasteiger partial charge in [0.2, 0.25) is 5.91 Å². The summed E-state index contributed by atoms with van der Waals surface area (Å²) in [6, 6.07) is 14.4. The summed E-state index contributed by atoms with van der Waals surface area (Å²) in [6.07, 6.45) is 0.653. The molecule has 0 aliphatic carbocycles. The molecule has 202 valence electrons. The van der Waals surface area contributed by atoms with Crippen LogP contribution in [-0.2, 0) is 16.0 Å². The monoisotopic (exact) mass is 523 g/mol. The van der Waals surface area contributed by atoms with E-state index in [1.807, 2.05) is 26.0 Å². The summed E-state index contributed by atoms with van der Waals surface area (Å²) < 4.78 is 10.7. The summed E-state index contributed by atoms with van der Waals surface area (Å²) in [4.78, 5) is 48.6. The Balaban J connectivity index is 1.57. The largest absolute Gasteiger partial charge is 0.478 e. The van der Waals surface area contributed by atoms with Crippen LogP contribution in [0.1, 0.15) is 53.2 Å². The Morgan fingerprint density at radius 1 is 0.974 bits per heavy atom. The molecule has 3 aromatic rings. The fourth-order valence-electron chi connectivity index (χ4n) is 3.65. The smallest absolute Gasteiger partial charge is 0.407 e. The molecule has 0 saturated carbocycles. The first-order valence-corrected chi connectivity index (χ1v) is 12.5. The van der Waals surface area contributed by atoms with E-state index >= 15 is 0 Å². The fraction of sp³-hybridized carbons (Fsp3) is 0.357. The Labute approximate surface area is 220 Å². The van der Waals surface area contributed by atoms with Gasteiger partial charge in [-0.15, -0.1) is 0 Å². The summed E-state index contributed by atoms with van der Waals surface area (Å²) in [5.41, 5.74) is 1.62. The molecule has 1 atom stereocenters. The normalized spacial score (nSPS) is 11.7. The lowest BCUT2D eigenvalue weighted by Crippen LogP contribution is -2.47. The Bertz CT molecular complexity index is 1220. The predicted octanol–water partition coefficient (Wildman–Crippen LogP) is 3.75. The molecule has 1 aromatic heterocycles.